The minimum Gasteiger partial charge on any atom is -0.358 e. The molecule has 1 fully saturated rings. The molecule has 5 nitrogen and oxygen atoms in total. The van der Waals surface area contributed by atoms with Gasteiger partial charge in [-0.05, 0) is 19.1 Å². The van der Waals surface area contributed by atoms with Gasteiger partial charge in [-0.25, -0.2) is 9.37 Å². The molecular weight excluding hydrogens is 387 g/mol. The molecule has 1 aliphatic heterocycles. The van der Waals surface area contributed by atoms with Crippen molar-refractivity contribution in [1.82, 2.24) is 4.98 Å². The number of halogens is 1. The van der Waals surface area contributed by atoms with E-state index < -0.39 is 0 Å². The van der Waals surface area contributed by atoms with Crippen LogP contribution < -0.4 is 15.1 Å². The number of nitrogens with one attached hydrogen (secondary N) is 2. The molecule has 0 saturated carbocycles. The molecule has 2 heterocycles. The molecule has 0 bridgehead atoms. The van der Waals surface area contributed by atoms with Crippen LogP contribution in [-0.4, -0.2) is 43.6 Å². The number of thiazole rings is 1. The monoisotopic (exact) mass is 411 g/mol. The zero-order chi connectivity index (χ0) is 20.2. The number of hydrogen-bond donors (Lipinski definition) is 2. The van der Waals surface area contributed by atoms with Gasteiger partial charge in [-0.15, -0.1) is 11.3 Å². The van der Waals surface area contributed by atoms with Crippen LogP contribution in [0.4, 0.5) is 15.2 Å². The number of benzene rings is 2. The Morgan fingerprint density at radius 2 is 1.90 bits per heavy atom. The summed E-state index contributed by atoms with van der Waals surface area (Å²) >= 11 is 1.44. The summed E-state index contributed by atoms with van der Waals surface area (Å²) in [4.78, 5) is 20.2. The first-order chi connectivity index (χ1) is 14.1. The summed E-state index contributed by atoms with van der Waals surface area (Å²) in [6.45, 7) is 5.51. The van der Waals surface area contributed by atoms with Gasteiger partial charge in [0.1, 0.15) is 5.82 Å². The van der Waals surface area contributed by atoms with E-state index in [4.69, 9.17) is 0 Å². The maximum atomic E-state index is 13.9. The molecular formula is C22H24FN4OS+. The van der Waals surface area contributed by atoms with Crippen LogP contribution in [0.15, 0.2) is 53.9 Å². The van der Waals surface area contributed by atoms with Gasteiger partial charge < -0.3 is 9.80 Å². The van der Waals surface area contributed by atoms with Gasteiger partial charge in [0.2, 0.25) is 0 Å². The van der Waals surface area contributed by atoms with Gasteiger partial charge in [0.15, 0.2) is 11.7 Å². The van der Waals surface area contributed by atoms with E-state index in [1.54, 1.807) is 12.1 Å². The number of aromatic nitrogens is 1. The molecule has 0 atom stereocenters. The van der Waals surface area contributed by atoms with Crippen LogP contribution in [-0.2, 0) is 4.79 Å². The normalized spacial score (nSPS) is 14.8. The predicted octanol–water partition coefficient (Wildman–Crippen LogP) is 2.60. The quantitative estimate of drug-likeness (QED) is 0.679. The molecule has 7 heteroatoms. The standard InChI is InChI=1S/C22H23FN4OS/c1-16-6-8-17(9-7-16)19-15-29-22(24-19)25-21(28)14-26-10-12-27(13-11-26)20-5-3-2-4-18(20)23/h2-9,15H,10-14H2,1H3,(H,24,25,28)/p+1. The fourth-order valence-corrected chi connectivity index (χ4v) is 4.26. The lowest BCUT2D eigenvalue weighted by Crippen LogP contribution is -3.15. The van der Waals surface area contributed by atoms with Crippen LogP contribution in [0.2, 0.25) is 0 Å². The van der Waals surface area contributed by atoms with E-state index in [1.807, 2.05) is 28.5 Å². The number of aryl methyl sites for hydroxylation is 1. The van der Waals surface area contributed by atoms with Crippen LogP contribution in [0.1, 0.15) is 5.56 Å². The molecule has 1 aliphatic rings. The Morgan fingerprint density at radius 1 is 1.17 bits per heavy atom. The molecule has 1 amide bonds. The summed E-state index contributed by atoms with van der Waals surface area (Å²) in [7, 11) is 0. The maximum absolute atomic E-state index is 13.9. The number of rotatable bonds is 5. The molecule has 0 spiro atoms. The number of para-hydroxylation sites is 1. The van der Waals surface area contributed by atoms with Gasteiger partial charge >= 0.3 is 0 Å². The van der Waals surface area contributed by atoms with Crippen molar-refractivity contribution in [3.8, 4) is 11.3 Å². The van der Waals surface area contributed by atoms with E-state index >= 15 is 0 Å². The highest BCUT2D eigenvalue weighted by Gasteiger charge is 2.24. The van der Waals surface area contributed by atoms with Crippen molar-refractivity contribution >= 4 is 28.1 Å². The van der Waals surface area contributed by atoms with Crippen molar-refractivity contribution in [3.63, 3.8) is 0 Å². The van der Waals surface area contributed by atoms with Crippen LogP contribution in [0, 0.1) is 12.7 Å². The van der Waals surface area contributed by atoms with E-state index in [0.717, 1.165) is 37.4 Å². The Bertz CT molecular complexity index is 980. The maximum Gasteiger partial charge on any atom is 0.281 e. The van der Waals surface area contributed by atoms with Crippen LogP contribution >= 0.6 is 11.3 Å². The number of carbonyl (C=O) groups excluding carboxylic acids is 1. The summed E-state index contributed by atoms with van der Waals surface area (Å²) in [5.74, 6) is -0.231. The number of piperazine rings is 1. The Balaban J connectivity index is 1.29. The number of amides is 1. The van der Waals surface area contributed by atoms with Crippen LogP contribution in [0.3, 0.4) is 0 Å². The number of hydrogen-bond acceptors (Lipinski definition) is 4. The van der Waals surface area contributed by atoms with E-state index in [0.29, 0.717) is 17.4 Å². The first kappa shape index (κ1) is 19.5. The smallest absolute Gasteiger partial charge is 0.281 e. The zero-order valence-corrected chi connectivity index (χ0v) is 17.1. The van der Waals surface area contributed by atoms with E-state index in [-0.39, 0.29) is 11.7 Å². The van der Waals surface area contributed by atoms with Gasteiger partial charge in [0, 0.05) is 10.9 Å². The third-order valence-electron chi connectivity index (χ3n) is 5.17. The zero-order valence-electron chi connectivity index (χ0n) is 16.3. The molecule has 0 radical (unpaired) electrons. The summed E-state index contributed by atoms with van der Waals surface area (Å²) in [6.07, 6.45) is 0. The topological polar surface area (TPSA) is 49.7 Å². The largest absolute Gasteiger partial charge is 0.358 e. The second kappa shape index (κ2) is 8.71. The van der Waals surface area contributed by atoms with Crippen molar-refractivity contribution < 1.29 is 14.1 Å². The minimum atomic E-state index is -0.193. The third-order valence-corrected chi connectivity index (χ3v) is 5.93. The Hall–Kier alpha value is -2.77. The first-order valence-electron chi connectivity index (χ1n) is 9.74. The molecule has 29 heavy (non-hydrogen) atoms. The molecule has 2 aromatic carbocycles. The van der Waals surface area contributed by atoms with E-state index in [1.165, 1.54) is 27.9 Å². The predicted molar refractivity (Wildman–Crippen MR) is 115 cm³/mol. The molecule has 1 saturated heterocycles. The fraction of sp³-hybridized carbons (Fsp3) is 0.273. The Kier molecular flexibility index (Phi) is 5.87. The Labute approximate surface area is 173 Å². The van der Waals surface area contributed by atoms with Gasteiger partial charge in [0.25, 0.3) is 5.91 Å². The molecule has 3 aromatic rings. The van der Waals surface area contributed by atoms with E-state index in [2.05, 4.69) is 29.4 Å². The average molecular weight is 412 g/mol. The first-order valence-corrected chi connectivity index (χ1v) is 10.6. The van der Waals surface area contributed by atoms with Crippen molar-refractivity contribution in [2.75, 3.05) is 42.9 Å². The average Bonchev–Trinajstić information content (AvgIpc) is 3.18. The number of anilines is 2. The van der Waals surface area contributed by atoms with Crippen LogP contribution in [0.5, 0.6) is 0 Å². The second-order valence-corrected chi connectivity index (χ2v) is 8.18. The van der Waals surface area contributed by atoms with E-state index in [9.17, 15) is 9.18 Å². The molecule has 0 aliphatic carbocycles. The van der Waals surface area contributed by atoms with Crippen molar-refractivity contribution in [2.45, 2.75) is 6.92 Å². The summed E-state index contributed by atoms with van der Waals surface area (Å²) in [6, 6.07) is 15.0. The van der Waals surface area contributed by atoms with Crippen molar-refractivity contribution in [1.29, 1.82) is 0 Å². The SMILES string of the molecule is Cc1ccc(-c2csc(NC(=O)C[NH+]3CCN(c4ccccc4F)CC3)n2)cc1. The van der Waals surface area contributed by atoms with Crippen molar-refractivity contribution in [3.05, 3.63) is 65.3 Å². The van der Waals surface area contributed by atoms with Gasteiger partial charge in [0.05, 0.1) is 37.6 Å². The second-order valence-electron chi connectivity index (χ2n) is 7.32. The fourth-order valence-electron chi connectivity index (χ4n) is 3.53. The number of carbonyl (C=O) groups is 1. The van der Waals surface area contributed by atoms with Gasteiger partial charge in [-0.3, -0.25) is 10.1 Å². The van der Waals surface area contributed by atoms with Crippen molar-refractivity contribution in [2.24, 2.45) is 0 Å². The lowest BCUT2D eigenvalue weighted by molar-refractivity contribution is -0.892. The van der Waals surface area contributed by atoms with Crippen LogP contribution in [0.25, 0.3) is 11.3 Å². The molecule has 150 valence electrons. The number of quaternary nitrogens is 1. The minimum absolute atomic E-state index is 0.0378. The molecule has 2 N–H and O–H groups in total. The lowest BCUT2D eigenvalue weighted by Gasteiger charge is -2.33. The summed E-state index contributed by atoms with van der Waals surface area (Å²) in [5.41, 5.74) is 3.76. The summed E-state index contributed by atoms with van der Waals surface area (Å²) < 4.78 is 13.9. The highest BCUT2D eigenvalue weighted by molar-refractivity contribution is 7.14. The summed E-state index contributed by atoms with van der Waals surface area (Å²) in [5, 5.41) is 5.50. The molecule has 1 aromatic heterocycles. The lowest BCUT2D eigenvalue weighted by atomic mass is 10.1. The van der Waals surface area contributed by atoms with Gasteiger partial charge in [-0.2, -0.15) is 0 Å². The highest BCUT2D eigenvalue weighted by Crippen LogP contribution is 2.25. The Morgan fingerprint density at radius 3 is 2.62 bits per heavy atom. The van der Waals surface area contributed by atoms with Gasteiger partial charge in [-0.1, -0.05) is 42.0 Å². The molecule has 4 rings (SSSR count). The highest BCUT2D eigenvalue weighted by atomic mass is 32.1. The molecule has 0 unspecified atom stereocenters. The number of nitrogens with zero attached hydrogens (tertiary/aromatic N) is 2. The third kappa shape index (κ3) is 4.81.